The van der Waals surface area contributed by atoms with Crippen LogP contribution in [0.3, 0.4) is 0 Å². The number of amides is 1. The molecule has 0 aliphatic heterocycles. The zero-order valence-corrected chi connectivity index (χ0v) is 13.9. The number of hydrogen-bond acceptors (Lipinski definition) is 4. The van der Waals surface area contributed by atoms with Crippen molar-refractivity contribution in [2.75, 3.05) is 26.0 Å². The first kappa shape index (κ1) is 17.4. The summed E-state index contributed by atoms with van der Waals surface area (Å²) in [6.45, 7) is 11.2. The number of aromatic nitrogens is 1. The standard InChI is InChI=1S/C16H27N3O2/c1-11(2)19(7-8-21-6)15(20)12-9-13(16(3,4)5)18-14(17)10-12/h9-11H,7-8H2,1-6H3,(H2,17,18). The molecule has 1 aromatic heterocycles. The maximum absolute atomic E-state index is 12.7. The van der Waals surface area contributed by atoms with E-state index in [9.17, 15) is 4.79 Å². The molecule has 1 aromatic rings. The van der Waals surface area contributed by atoms with Crippen LogP contribution in [-0.4, -0.2) is 42.1 Å². The van der Waals surface area contributed by atoms with E-state index in [1.54, 1.807) is 18.1 Å². The predicted octanol–water partition coefficient (Wildman–Crippen LogP) is 2.46. The first-order valence-electron chi connectivity index (χ1n) is 7.24. The molecule has 0 unspecified atom stereocenters. The second kappa shape index (κ2) is 6.89. The average Bonchev–Trinajstić information content (AvgIpc) is 2.36. The van der Waals surface area contributed by atoms with Crippen molar-refractivity contribution in [2.45, 2.75) is 46.1 Å². The highest BCUT2D eigenvalue weighted by atomic mass is 16.5. The zero-order valence-electron chi connectivity index (χ0n) is 13.9. The summed E-state index contributed by atoms with van der Waals surface area (Å²) >= 11 is 0. The van der Waals surface area contributed by atoms with E-state index in [0.29, 0.717) is 24.5 Å². The van der Waals surface area contributed by atoms with Gasteiger partial charge in [0.2, 0.25) is 0 Å². The Kier molecular flexibility index (Phi) is 5.72. The summed E-state index contributed by atoms with van der Waals surface area (Å²) < 4.78 is 5.08. The SMILES string of the molecule is COCCN(C(=O)c1cc(N)nc(C(C)(C)C)c1)C(C)C. The maximum atomic E-state index is 12.7. The number of nitrogens with zero attached hydrogens (tertiary/aromatic N) is 2. The van der Waals surface area contributed by atoms with Crippen molar-refractivity contribution < 1.29 is 9.53 Å². The number of carbonyl (C=O) groups excluding carboxylic acids is 1. The molecule has 0 aliphatic carbocycles. The predicted molar refractivity (Wildman–Crippen MR) is 85.4 cm³/mol. The molecule has 0 saturated carbocycles. The minimum Gasteiger partial charge on any atom is -0.384 e. The Morgan fingerprint density at radius 1 is 1.38 bits per heavy atom. The fourth-order valence-electron chi connectivity index (χ4n) is 2.01. The van der Waals surface area contributed by atoms with E-state index in [1.165, 1.54) is 0 Å². The van der Waals surface area contributed by atoms with Gasteiger partial charge in [0, 0.05) is 36.4 Å². The van der Waals surface area contributed by atoms with Crippen molar-refractivity contribution in [3.8, 4) is 0 Å². The molecular weight excluding hydrogens is 266 g/mol. The third-order valence-electron chi connectivity index (χ3n) is 3.28. The molecule has 0 aromatic carbocycles. The second-order valence-corrected chi connectivity index (χ2v) is 6.50. The minimum atomic E-state index is -0.153. The summed E-state index contributed by atoms with van der Waals surface area (Å²) in [5, 5.41) is 0. The van der Waals surface area contributed by atoms with Gasteiger partial charge in [-0.1, -0.05) is 20.8 Å². The number of carbonyl (C=O) groups is 1. The molecule has 1 heterocycles. The van der Waals surface area contributed by atoms with E-state index in [1.807, 2.05) is 40.7 Å². The zero-order chi connectivity index (χ0) is 16.2. The smallest absolute Gasteiger partial charge is 0.254 e. The summed E-state index contributed by atoms with van der Waals surface area (Å²) in [6, 6.07) is 3.57. The van der Waals surface area contributed by atoms with E-state index in [-0.39, 0.29) is 17.4 Å². The lowest BCUT2D eigenvalue weighted by molar-refractivity contribution is 0.0634. The van der Waals surface area contributed by atoms with Crippen LogP contribution in [0.25, 0.3) is 0 Å². The highest BCUT2D eigenvalue weighted by Crippen LogP contribution is 2.23. The highest BCUT2D eigenvalue weighted by molar-refractivity contribution is 5.95. The van der Waals surface area contributed by atoms with Gasteiger partial charge in [-0.05, 0) is 26.0 Å². The van der Waals surface area contributed by atoms with Gasteiger partial charge < -0.3 is 15.4 Å². The van der Waals surface area contributed by atoms with Gasteiger partial charge in [-0.15, -0.1) is 0 Å². The number of anilines is 1. The van der Waals surface area contributed by atoms with Crippen LogP contribution in [-0.2, 0) is 10.2 Å². The van der Waals surface area contributed by atoms with Gasteiger partial charge in [0.15, 0.2) is 0 Å². The number of hydrogen-bond donors (Lipinski definition) is 1. The summed E-state index contributed by atoms with van der Waals surface area (Å²) in [6.07, 6.45) is 0. The van der Waals surface area contributed by atoms with Gasteiger partial charge >= 0.3 is 0 Å². The number of nitrogens with two attached hydrogens (primary N) is 1. The lowest BCUT2D eigenvalue weighted by Crippen LogP contribution is -2.39. The van der Waals surface area contributed by atoms with Gasteiger partial charge in [-0.2, -0.15) is 0 Å². The van der Waals surface area contributed by atoms with Crippen LogP contribution in [0.2, 0.25) is 0 Å². The van der Waals surface area contributed by atoms with Crippen molar-refractivity contribution in [3.63, 3.8) is 0 Å². The first-order chi connectivity index (χ1) is 9.66. The number of rotatable bonds is 5. The normalized spacial score (nSPS) is 11.8. The summed E-state index contributed by atoms with van der Waals surface area (Å²) in [5.74, 6) is 0.336. The monoisotopic (exact) mass is 293 g/mol. The fourth-order valence-corrected chi connectivity index (χ4v) is 2.01. The van der Waals surface area contributed by atoms with Crippen LogP contribution >= 0.6 is 0 Å². The molecule has 0 aliphatic rings. The van der Waals surface area contributed by atoms with Crippen LogP contribution in [0, 0.1) is 0 Å². The quantitative estimate of drug-likeness (QED) is 0.905. The van der Waals surface area contributed by atoms with Gasteiger partial charge in [-0.25, -0.2) is 4.98 Å². The van der Waals surface area contributed by atoms with E-state index in [2.05, 4.69) is 4.98 Å². The van der Waals surface area contributed by atoms with E-state index < -0.39 is 0 Å². The second-order valence-electron chi connectivity index (χ2n) is 6.50. The number of ether oxygens (including phenoxy) is 1. The molecule has 2 N–H and O–H groups in total. The Morgan fingerprint density at radius 3 is 2.48 bits per heavy atom. The molecule has 0 fully saturated rings. The van der Waals surface area contributed by atoms with Crippen molar-refractivity contribution in [1.82, 2.24) is 9.88 Å². The van der Waals surface area contributed by atoms with Gasteiger partial charge in [0.25, 0.3) is 5.91 Å². The van der Waals surface area contributed by atoms with Crippen LogP contribution in [0.1, 0.15) is 50.7 Å². The topological polar surface area (TPSA) is 68.5 Å². The third kappa shape index (κ3) is 4.70. The molecular formula is C16H27N3O2. The fraction of sp³-hybridized carbons (Fsp3) is 0.625. The van der Waals surface area contributed by atoms with Gasteiger partial charge in [-0.3, -0.25) is 4.79 Å². The Balaban J connectivity index is 3.13. The summed E-state index contributed by atoms with van der Waals surface area (Å²) in [4.78, 5) is 18.8. The molecule has 1 amide bonds. The molecule has 21 heavy (non-hydrogen) atoms. The third-order valence-corrected chi connectivity index (χ3v) is 3.28. The lowest BCUT2D eigenvalue weighted by atomic mass is 9.90. The van der Waals surface area contributed by atoms with Crippen LogP contribution in [0.5, 0.6) is 0 Å². The Morgan fingerprint density at radius 2 is 2.00 bits per heavy atom. The number of pyridine rings is 1. The lowest BCUT2D eigenvalue weighted by Gasteiger charge is -2.27. The van der Waals surface area contributed by atoms with E-state index in [4.69, 9.17) is 10.5 Å². The molecule has 5 nitrogen and oxygen atoms in total. The Hall–Kier alpha value is -1.62. The molecule has 0 spiro atoms. The van der Waals surface area contributed by atoms with Crippen LogP contribution < -0.4 is 5.73 Å². The maximum Gasteiger partial charge on any atom is 0.254 e. The molecule has 5 heteroatoms. The molecule has 0 atom stereocenters. The molecule has 118 valence electrons. The van der Waals surface area contributed by atoms with Crippen LogP contribution in [0.15, 0.2) is 12.1 Å². The van der Waals surface area contributed by atoms with Crippen molar-refractivity contribution >= 4 is 11.7 Å². The summed E-state index contributed by atoms with van der Waals surface area (Å²) in [5.41, 5.74) is 7.11. The Bertz CT molecular complexity index is 493. The van der Waals surface area contributed by atoms with Crippen LogP contribution in [0.4, 0.5) is 5.82 Å². The summed E-state index contributed by atoms with van der Waals surface area (Å²) in [7, 11) is 1.63. The Labute approximate surface area is 127 Å². The largest absolute Gasteiger partial charge is 0.384 e. The van der Waals surface area contributed by atoms with Crippen molar-refractivity contribution in [1.29, 1.82) is 0 Å². The molecule has 0 bridgehead atoms. The minimum absolute atomic E-state index is 0.0401. The first-order valence-corrected chi connectivity index (χ1v) is 7.24. The molecule has 1 rings (SSSR count). The molecule has 0 radical (unpaired) electrons. The van der Waals surface area contributed by atoms with E-state index in [0.717, 1.165) is 5.69 Å². The van der Waals surface area contributed by atoms with Gasteiger partial charge in [0.1, 0.15) is 5.82 Å². The average molecular weight is 293 g/mol. The number of methoxy groups -OCH3 is 1. The van der Waals surface area contributed by atoms with Gasteiger partial charge in [0.05, 0.1) is 6.61 Å². The highest BCUT2D eigenvalue weighted by Gasteiger charge is 2.22. The molecule has 0 saturated heterocycles. The van der Waals surface area contributed by atoms with Crippen molar-refractivity contribution in [2.24, 2.45) is 0 Å². The van der Waals surface area contributed by atoms with E-state index >= 15 is 0 Å². The number of nitrogen functional groups attached to an aromatic ring is 1. The van der Waals surface area contributed by atoms with Crippen molar-refractivity contribution in [3.05, 3.63) is 23.4 Å².